The molecule has 126 valence electrons. The van der Waals surface area contributed by atoms with Crippen LogP contribution in [-0.4, -0.2) is 42.2 Å². The van der Waals surface area contributed by atoms with Gasteiger partial charge in [-0.2, -0.15) is 0 Å². The van der Waals surface area contributed by atoms with Crippen LogP contribution in [0.3, 0.4) is 0 Å². The first-order chi connectivity index (χ1) is 11.3. The van der Waals surface area contributed by atoms with Crippen LogP contribution in [0, 0.1) is 24.7 Å². The third-order valence-electron chi connectivity index (χ3n) is 6.43. The Labute approximate surface area is 140 Å². The lowest BCUT2D eigenvalue weighted by atomic mass is 9.72. The summed E-state index contributed by atoms with van der Waals surface area (Å²) in [4.78, 5) is 7.47. The van der Waals surface area contributed by atoms with Crippen LogP contribution in [0.1, 0.15) is 43.4 Å². The number of ether oxygens (including phenoxy) is 1. The molecule has 3 nitrogen and oxygen atoms in total. The number of aromatic nitrogens is 1. The predicted molar refractivity (Wildman–Crippen MR) is 92.4 cm³/mol. The Morgan fingerprint density at radius 1 is 1.13 bits per heavy atom. The summed E-state index contributed by atoms with van der Waals surface area (Å²) in [5.74, 6) is 2.67. The third kappa shape index (κ3) is 3.46. The molecule has 1 aromatic rings. The van der Waals surface area contributed by atoms with Crippen LogP contribution in [0.25, 0.3) is 0 Å². The average Bonchev–Trinajstić information content (AvgIpc) is 3.03. The zero-order valence-electron chi connectivity index (χ0n) is 14.4. The summed E-state index contributed by atoms with van der Waals surface area (Å²) < 4.78 is 5.55. The van der Waals surface area contributed by atoms with Crippen LogP contribution in [0.4, 0.5) is 0 Å². The van der Waals surface area contributed by atoms with Gasteiger partial charge in [-0.25, -0.2) is 0 Å². The van der Waals surface area contributed by atoms with Gasteiger partial charge in [0.05, 0.1) is 0 Å². The van der Waals surface area contributed by atoms with E-state index in [1.807, 2.05) is 6.20 Å². The largest absolute Gasteiger partial charge is 0.381 e. The molecule has 0 N–H and O–H groups in total. The number of hydrogen-bond donors (Lipinski definition) is 0. The summed E-state index contributed by atoms with van der Waals surface area (Å²) in [6.45, 7) is 6.72. The quantitative estimate of drug-likeness (QED) is 0.854. The molecule has 0 amide bonds. The predicted octanol–water partition coefficient (Wildman–Crippen LogP) is 3.46. The maximum atomic E-state index is 5.55. The summed E-state index contributed by atoms with van der Waals surface area (Å²) in [5, 5.41) is 0. The fourth-order valence-corrected chi connectivity index (χ4v) is 5.12. The van der Waals surface area contributed by atoms with Crippen LogP contribution in [0.5, 0.6) is 0 Å². The van der Waals surface area contributed by atoms with E-state index in [0.717, 1.165) is 37.0 Å². The first kappa shape index (κ1) is 15.6. The van der Waals surface area contributed by atoms with Crippen LogP contribution in [0.15, 0.2) is 18.3 Å². The van der Waals surface area contributed by atoms with Crippen molar-refractivity contribution in [3.63, 3.8) is 0 Å². The van der Waals surface area contributed by atoms with Crippen molar-refractivity contribution < 1.29 is 4.74 Å². The van der Waals surface area contributed by atoms with Crippen molar-refractivity contribution in [3.8, 4) is 0 Å². The van der Waals surface area contributed by atoms with Crippen LogP contribution < -0.4 is 0 Å². The lowest BCUT2D eigenvalue weighted by Crippen LogP contribution is -2.38. The number of hydrogen-bond acceptors (Lipinski definition) is 3. The van der Waals surface area contributed by atoms with E-state index in [-0.39, 0.29) is 0 Å². The molecule has 1 aromatic heterocycles. The summed E-state index contributed by atoms with van der Waals surface area (Å²) in [6, 6.07) is 5.24. The van der Waals surface area contributed by atoms with Crippen molar-refractivity contribution in [2.75, 3.05) is 26.3 Å². The first-order valence-electron chi connectivity index (χ1n) is 9.53. The molecule has 3 fully saturated rings. The molecule has 23 heavy (non-hydrogen) atoms. The molecule has 0 bridgehead atoms. The Morgan fingerprint density at radius 2 is 2.00 bits per heavy atom. The van der Waals surface area contributed by atoms with E-state index in [1.54, 1.807) is 0 Å². The minimum absolute atomic E-state index is 0.785. The molecule has 0 radical (unpaired) electrons. The van der Waals surface area contributed by atoms with Gasteiger partial charge in [0, 0.05) is 44.2 Å². The van der Waals surface area contributed by atoms with Gasteiger partial charge in [-0.1, -0.05) is 12.5 Å². The third-order valence-corrected chi connectivity index (χ3v) is 6.43. The molecule has 3 atom stereocenters. The SMILES string of the molecule is Cc1ccc(C[C@H]2CCC[C@@H]3CN(C4CCOCC4)C[C@H]23)nc1. The molecule has 3 heteroatoms. The summed E-state index contributed by atoms with van der Waals surface area (Å²) in [7, 11) is 0. The monoisotopic (exact) mass is 314 g/mol. The summed E-state index contributed by atoms with van der Waals surface area (Å²) >= 11 is 0. The molecule has 3 heterocycles. The minimum atomic E-state index is 0.785. The molecule has 2 saturated heterocycles. The van der Waals surface area contributed by atoms with Gasteiger partial charge in [-0.15, -0.1) is 0 Å². The number of likely N-dealkylation sites (tertiary alicyclic amines) is 1. The van der Waals surface area contributed by atoms with E-state index >= 15 is 0 Å². The molecular weight excluding hydrogens is 284 g/mol. The normalized spacial score (nSPS) is 32.8. The average molecular weight is 314 g/mol. The van der Waals surface area contributed by atoms with Gasteiger partial charge in [0.25, 0.3) is 0 Å². The maximum Gasteiger partial charge on any atom is 0.0480 e. The molecule has 3 aliphatic rings. The van der Waals surface area contributed by atoms with Gasteiger partial charge in [0.15, 0.2) is 0 Å². The highest BCUT2D eigenvalue weighted by Gasteiger charge is 2.42. The zero-order chi connectivity index (χ0) is 15.6. The second kappa shape index (κ2) is 6.90. The van der Waals surface area contributed by atoms with Gasteiger partial charge in [-0.05, 0) is 68.4 Å². The van der Waals surface area contributed by atoms with Gasteiger partial charge in [-0.3, -0.25) is 9.88 Å². The van der Waals surface area contributed by atoms with Crippen molar-refractivity contribution in [2.24, 2.45) is 17.8 Å². The van der Waals surface area contributed by atoms with Crippen molar-refractivity contribution in [1.29, 1.82) is 0 Å². The number of pyridine rings is 1. The number of aryl methyl sites for hydroxylation is 1. The minimum Gasteiger partial charge on any atom is -0.381 e. The van der Waals surface area contributed by atoms with E-state index in [9.17, 15) is 0 Å². The van der Waals surface area contributed by atoms with Crippen molar-refractivity contribution in [2.45, 2.75) is 51.5 Å². The van der Waals surface area contributed by atoms with Gasteiger partial charge in [0.1, 0.15) is 0 Å². The number of rotatable bonds is 3. The van der Waals surface area contributed by atoms with E-state index in [4.69, 9.17) is 4.74 Å². The number of fused-ring (bicyclic) bond motifs is 1. The Bertz CT molecular complexity index is 509. The molecule has 1 saturated carbocycles. The Kier molecular flexibility index (Phi) is 4.68. The molecule has 4 rings (SSSR count). The maximum absolute atomic E-state index is 5.55. The lowest BCUT2D eigenvalue weighted by molar-refractivity contribution is 0.0399. The fourth-order valence-electron chi connectivity index (χ4n) is 5.12. The van der Waals surface area contributed by atoms with Gasteiger partial charge in [0.2, 0.25) is 0 Å². The van der Waals surface area contributed by atoms with Crippen molar-refractivity contribution in [3.05, 3.63) is 29.6 Å². The highest BCUT2D eigenvalue weighted by Crippen LogP contribution is 2.42. The molecule has 0 unspecified atom stereocenters. The molecule has 2 aliphatic heterocycles. The second-order valence-corrected chi connectivity index (χ2v) is 7.94. The van der Waals surface area contributed by atoms with Crippen molar-refractivity contribution in [1.82, 2.24) is 9.88 Å². The van der Waals surface area contributed by atoms with E-state index in [2.05, 4.69) is 28.9 Å². The number of nitrogens with zero attached hydrogens (tertiary/aromatic N) is 2. The molecule has 1 aliphatic carbocycles. The molecule has 0 spiro atoms. The smallest absolute Gasteiger partial charge is 0.0480 e. The lowest BCUT2D eigenvalue weighted by Gasteiger charge is -2.33. The Morgan fingerprint density at radius 3 is 2.78 bits per heavy atom. The van der Waals surface area contributed by atoms with Crippen LogP contribution >= 0.6 is 0 Å². The van der Waals surface area contributed by atoms with Gasteiger partial charge >= 0.3 is 0 Å². The Hall–Kier alpha value is -0.930. The van der Waals surface area contributed by atoms with Gasteiger partial charge < -0.3 is 4.74 Å². The standard InChI is InChI=1S/C20H30N2O/c1-15-5-6-18(21-12-15)11-16-3-2-4-17-13-22(14-20(16)17)19-7-9-23-10-8-19/h5-6,12,16-17,19-20H,2-4,7-11,13-14H2,1H3/t16-,17-,20-/m1/s1. The highest BCUT2D eigenvalue weighted by atomic mass is 16.5. The van der Waals surface area contributed by atoms with Crippen LogP contribution in [0.2, 0.25) is 0 Å². The molecular formula is C20H30N2O. The van der Waals surface area contributed by atoms with Crippen LogP contribution in [-0.2, 0) is 11.2 Å². The zero-order valence-corrected chi connectivity index (χ0v) is 14.4. The summed E-state index contributed by atoms with van der Waals surface area (Å²) in [6.07, 6.45) is 9.95. The molecule has 0 aromatic carbocycles. The fraction of sp³-hybridized carbons (Fsp3) is 0.750. The second-order valence-electron chi connectivity index (χ2n) is 7.94. The Balaban J connectivity index is 1.42. The first-order valence-corrected chi connectivity index (χ1v) is 9.53. The van der Waals surface area contributed by atoms with Crippen molar-refractivity contribution >= 4 is 0 Å². The summed E-state index contributed by atoms with van der Waals surface area (Å²) in [5.41, 5.74) is 2.56. The van der Waals surface area contributed by atoms with E-state index in [1.165, 1.54) is 62.9 Å². The van der Waals surface area contributed by atoms with E-state index in [0.29, 0.717) is 0 Å². The topological polar surface area (TPSA) is 25.4 Å². The van der Waals surface area contributed by atoms with E-state index < -0.39 is 0 Å². The highest BCUT2D eigenvalue weighted by molar-refractivity contribution is 5.13.